The molecule has 0 radical (unpaired) electrons. The van der Waals surface area contributed by atoms with Crippen LogP contribution in [0.25, 0.3) is 0 Å². The molecule has 1 aliphatic rings. The molecule has 84 valence electrons. The quantitative estimate of drug-likeness (QED) is 0.636. The van der Waals surface area contributed by atoms with Crippen LogP contribution in [0.3, 0.4) is 0 Å². The highest BCUT2D eigenvalue weighted by Crippen LogP contribution is 2.24. The first kappa shape index (κ1) is 12.0. The highest BCUT2D eigenvalue weighted by Gasteiger charge is 2.26. The van der Waals surface area contributed by atoms with Crippen molar-refractivity contribution in [2.45, 2.75) is 52.1 Å². The topological polar surface area (TPSA) is 21.3 Å². The van der Waals surface area contributed by atoms with Gasteiger partial charge in [-0.1, -0.05) is 26.7 Å². The van der Waals surface area contributed by atoms with Gasteiger partial charge in [0.2, 0.25) is 0 Å². The second-order valence-electron chi connectivity index (χ2n) is 4.30. The predicted molar refractivity (Wildman–Crippen MR) is 60.5 cm³/mol. The molecule has 2 unspecified atom stereocenters. The molecule has 0 aromatic rings. The highest BCUT2D eigenvalue weighted by atomic mass is 16.5. The lowest BCUT2D eigenvalue weighted by Gasteiger charge is -2.18. The fourth-order valence-electron chi connectivity index (χ4n) is 2.11. The van der Waals surface area contributed by atoms with Gasteiger partial charge in [-0.3, -0.25) is 0 Å². The molecule has 0 bridgehead atoms. The largest absolute Gasteiger partial charge is 0.378 e. The van der Waals surface area contributed by atoms with E-state index in [1.165, 1.54) is 32.1 Å². The fourth-order valence-corrected chi connectivity index (χ4v) is 2.11. The lowest BCUT2D eigenvalue weighted by molar-refractivity contribution is 0.0814. The van der Waals surface area contributed by atoms with Gasteiger partial charge in [0.25, 0.3) is 0 Å². The predicted octanol–water partition coefficient (Wildman–Crippen LogP) is 2.58. The minimum absolute atomic E-state index is 0.541. The molecule has 1 N–H and O–H groups in total. The molecular weight excluding hydrogens is 174 g/mol. The molecule has 2 nitrogen and oxygen atoms in total. The lowest BCUT2D eigenvalue weighted by atomic mass is 9.97. The van der Waals surface area contributed by atoms with Gasteiger partial charge in [0, 0.05) is 13.2 Å². The van der Waals surface area contributed by atoms with Crippen LogP contribution in [-0.4, -0.2) is 25.8 Å². The summed E-state index contributed by atoms with van der Waals surface area (Å²) in [4.78, 5) is 0. The summed E-state index contributed by atoms with van der Waals surface area (Å²) in [6, 6.07) is 0. The summed E-state index contributed by atoms with van der Waals surface area (Å²) in [5.41, 5.74) is 0. The molecule has 1 saturated heterocycles. The maximum absolute atomic E-state index is 5.76. The molecule has 0 aliphatic carbocycles. The van der Waals surface area contributed by atoms with E-state index in [0.29, 0.717) is 6.10 Å². The zero-order valence-electron chi connectivity index (χ0n) is 9.72. The average Bonchev–Trinajstić information content (AvgIpc) is 2.63. The van der Waals surface area contributed by atoms with Crippen LogP contribution in [0.1, 0.15) is 46.0 Å². The van der Waals surface area contributed by atoms with Gasteiger partial charge >= 0.3 is 0 Å². The van der Waals surface area contributed by atoms with Crippen molar-refractivity contribution in [2.75, 3.05) is 19.7 Å². The number of hydrogen-bond donors (Lipinski definition) is 1. The van der Waals surface area contributed by atoms with Crippen molar-refractivity contribution in [1.29, 1.82) is 0 Å². The van der Waals surface area contributed by atoms with Crippen LogP contribution in [0, 0.1) is 5.92 Å². The van der Waals surface area contributed by atoms with Gasteiger partial charge in [0.1, 0.15) is 0 Å². The van der Waals surface area contributed by atoms with E-state index in [2.05, 4.69) is 19.2 Å². The smallest absolute Gasteiger partial charge is 0.0616 e. The summed E-state index contributed by atoms with van der Waals surface area (Å²) in [6.45, 7) is 7.75. The van der Waals surface area contributed by atoms with Crippen molar-refractivity contribution in [3.05, 3.63) is 0 Å². The van der Waals surface area contributed by atoms with E-state index >= 15 is 0 Å². The van der Waals surface area contributed by atoms with E-state index in [1.807, 2.05) is 0 Å². The van der Waals surface area contributed by atoms with Gasteiger partial charge in [0.15, 0.2) is 0 Å². The van der Waals surface area contributed by atoms with Crippen LogP contribution in [0.5, 0.6) is 0 Å². The highest BCUT2D eigenvalue weighted by molar-refractivity contribution is 4.77. The van der Waals surface area contributed by atoms with Crippen LogP contribution < -0.4 is 5.32 Å². The Balaban J connectivity index is 2.14. The monoisotopic (exact) mass is 199 g/mol. The van der Waals surface area contributed by atoms with Crippen molar-refractivity contribution < 1.29 is 4.74 Å². The third-order valence-electron chi connectivity index (χ3n) is 3.02. The maximum Gasteiger partial charge on any atom is 0.0616 e. The molecule has 0 saturated carbocycles. The van der Waals surface area contributed by atoms with E-state index in [0.717, 1.165) is 25.6 Å². The van der Waals surface area contributed by atoms with Crippen LogP contribution in [0.4, 0.5) is 0 Å². The molecule has 1 fully saturated rings. The average molecular weight is 199 g/mol. The first-order chi connectivity index (χ1) is 6.88. The molecule has 2 atom stereocenters. The number of nitrogens with one attached hydrogen (secondary N) is 1. The summed E-state index contributed by atoms with van der Waals surface area (Å²) < 4.78 is 5.76. The van der Waals surface area contributed by atoms with Crippen LogP contribution >= 0.6 is 0 Å². The molecule has 0 spiro atoms. The Labute approximate surface area is 88.4 Å². The van der Waals surface area contributed by atoms with Crippen LogP contribution in [0.2, 0.25) is 0 Å². The fraction of sp³-hybridized carbons (Fsp3) is 1.00. The minimum atomic E-state index is 0.541. The first-order valence-corrected chi connectivity index (χ1v) is 6.20. The van der Waals surface area contributed by atoms with Crippen molar-refractivity contribution in [3.63, 3.8) is 0 Å². The Bertz CT molecular complexity index is 138. The summed E-state index contributed by atoms with van der Waals surface area (Å²) in [5, 5.41) is 3.50. The van der Waals surface area contributed by atoms with Crippen molar-refractivity contribution >= 4 is 0 Å². The van der Waals surface area contributed by atoms with Gasteiger partial charge in [0.05, 0.1) is 6.10 Å². The van der Waals surface area contributed by atoms with Gasteiger partial charge in [-0.25, -0.2) is 0 Å². The first-order valence-electron chi connectivity index (χ1n) is 6.20. The SMILES string of the molecule is CCCCC1OCCC1CNCCC. The molecular formula is C12H25NO. The number of rotatable bonds is 7. The Hall–Kier alpha value is -0.0800. The van der Waals surface area contributed by atoms with Crippen LogP contribution in [0.15, 0.2) is 0 Å². The molecule has 1 heterocycles. The number of ether oxygens (including phenoxy) is 1. The van der Waals surface area contributed by atoms with Crippen LogP contribution in [-0.2, 0) is 4.74 Å². The third-order valence-corrected chi connectivity index (χ3v) is 3.02. The van der Waals surface area contributed by atoms with Gasteiger partial charge < -0.3 is 10.1 Å². The standard InChI is InChI=1S/C12H25NO/c1-3-5-6-12-11(7-9-14-12)10-13-8-4-2/h11-13H,3-10H2,1-2H3. The summed E-state index contributed by atoms with van der Waals surface area (Å²) in [6.07, 6.45) is 6.89. The third kappa shape index (κ3) is 3.97. The van der Waals surface area contributed by atoms with E-state index in [9.17, 15) is 0 Å². The molecule has 2 heteroatoms. The van der Waals surface area contributed by atoms with Crippen molar-refractivity contribution in [2.24, 2.45) is 5.92 Å². The van der Waals surface area contributed by atoms with Crippen molar-refractivity contribution in [1.82, 2.24) is 5.32 Å². The second-order valence-corrected chi connectivity index (χ2v) is 4.30. The zero-order chi connectivity index (χ0) is 10.2. The Morgan fingerprint density at radius 2 is 2.14 bits per heavy atom. The molecule has 1 rings (SSSR count). The Morgan fingerprint density at radius 3 is 2.86 bits per heavy atom. The number of hydrogen-bond acceptors (Lipinski definition) is 2. The van der Waals surface area contributed by atoms with E-state index in [-0.39, 0.29) is 0 Å². The summed E-state index contributed by atoms with van der Waals surface area (Å²) in [5.74, 6) is 0.771. The van der Waals surface area contributed by atoms with E-state index in [1.54, 1.807) is 0 Å². The molecule has 0 amide bonds. The van der Waals surface area contributed by atoms with E-state index < -0.39 is 0 Å². The van der Waals surface area contributed by atoms with Gasteiger partial charge in [-0.15, -0.1) is 0 Å². The zero-order valence-corrected chi connectivity index (χ0v) is 9.72. The van der Waals surface area contributed by atoms with Gasteiger partial charge in [-0.2, -0.15) is 0 Å². The Kier molecular flexibility index (Phi) is 6.20. The normalized spacial score (nSPS) is 27.0. The molecule has 1 aliphatic heterocycles. The maximum atomic E-state index is 5.76. The van der Waals surface area contributed by atoms with Crippen molar-refractivity contribution in [3.8, 4) is 0 Å². The Morgan fingerprint density at radius 1 is 1.29 bits per heavy atom. The minimum Gasteiger partial charge on any atom is -0.378 e. The van der Waals surface area contributed by atoms with E-state index in [4.69, 9.17) is 4.74 Å². The molecule has 14 heavy (non-hydrogen) atoms. The molecule has 0 aromatic carbocycles. The number of unbranched alkanes of at least 4 members (excludes halogenated alkanes) is 1. The lowest BCUT2D eigenvalue weighted by Crippen LogP contribution is -2.29. The second kappa shape index (κ2) is 7.24. The van der Waals surface area contributed by atoms with Gasteiger partial charge in [-0.05, 0) is 31.7 Å². The summed E-state index contributed by atoms with van der Waals surface area (Å²) in [7, 11) is 0. The summed E-state index contributed by atoms with van der Waals surface area (Å²) >= 11 is 0. The molecule has 0 aromatic heterocycles.